The first-order valence-corrected chi connectivity index (χ1v) is 7.06. The molecule has 1 aromatic heterocycles. The van der Waals surface area contributed by atoms with Gasteiger partial charge in [-0.25, -0.2) is 4.79 Å². The van der Waals surface area contributed by atoms with Crippen LogP contribution in [0.3, 0.4) is 0 Å². The molecular weight excluding hydrogens is 292 g/mol. The summed E-state index contributed by atoms with van der Waals surface area (Å²) in [6.45, 7) is 3.31. The fourth-order valence-electron chi connectivity index (χ4n) is 1.93. The summed E-state index contributed by atoms with van der Waals surface area (Å²) in [7, 11) is 0. The smallest absolute Gasteiger partial charge is 0.337 e. The van der Waals surface area contributed by atoms with Gasteiger partial charge < -0.3 is 10.4 Å². The second-order valence-corrected chi connectivity index (χ2v) is 5.40. The number of aromatic carboxylic acids is 1. The number of anilines is 1. The third-order valence-corrected chi connectivity index (χ3v) is 3.93. The van der Waals surface area contributed by atoms with Gasteiger partial charge in [0, 0.05) is 11.1 Å². The van der Waals surface area contributed by atoms with Crippen LogP contribution in [0.5, 0.6) is 0 Å². The lowest BCUT2D eigenvalue weighted by Gasteiger charge is -2.12. The van der Waals surface area contributed by atoms with Crippen LogP contribution in [0.2, 0.25) is 0 Å². The minimum atomic E-state index is -1.11. The molecule has 0 fully saturated rings. The molecule has 0 aliphatic heterocycles. The maximum absolute atomic E-state index is 12.1. The lowest BCUT2D eigenvalue weighted by atomic mass is 10.1. The SMILES string of the molecule is Cc1cccc(C(=O)O)c1NC(=O)Cn1c(C)csc1=O. The van der Waals surface area contributed by atoms with Crippen LogP contribution >= 0.6 is 11.3 Å². The van der Waals surface area contributed by atoms with Crippen molar-refractivity contribution in [3.8, 4) is 0 Å². The molecule has 0 aliphatic carbocycles. The van der Waals surface area contributed by atoms with E-state index in [2.05, 4.69) is 5.32 Å². The van der Waals surface area contributed by atoms with Crippen LogP contribution in [0.25, 0.3) is 0 Å². The number of rotatable bonds is 4. The number of benzene rings is 1. The Hall–Kier alpha value is -2.41. The maximum atomic E-state index is 12.1. The summed E-state index contributed by atoms with van der Waals surface area (Å²) in [5, 5.41) is 13.4. The van der Waals surface area contributed by atoms with Crippen molar-refractivity contribution in [3.63, 3.8) is 0 Å². The molecule has 0 saturated carbocycles. The Labute approximate surface area is 124 Å². The van der Waals surface area contributed by atoms with Crippen molar-refractivity contribution in [1.29, 1.82) is 0 Å². The van der Waals surface area contributed by atoms with Crippen molar-refractivity contribution in [2.24, 2.45) is 0 Å². The van der Waals surface area contributed by atoms with Gasteiger partial charge in [0.1, 0.15) is 6.54 Å². The van der Waals surface area contributed by atoms with Gasteiger partial charge in [0.25, 0.3) is 0 Å². The zero-order valence-corrected chi connectivity index (χ0v) is 12.4. The second-order valence-electron chi connectivity index (χ2n) is 4.58. The molecule has 2 rings (SSSR count). The molecule has 0 aliphatic rings. The standard InChI is InChI=1S/C14H14N2O4S/c1-8-4-3-5-10(13(18)19)12(8)15-11(17)6-16-9(2)7-21-14(16)20/h3-5,7H,6H2,1-2H3,(H,15,17)(H,18,19). The predicted molar refractivity (Wildman–Crippen MR) is 80.1 cm³/mol. The van der Waals surface area contributed by atoms with Gasteiger partial charge in [0.15, 0.2) is 0 Å². The minimum Gasteiger partial charge on any atom is -0.478 e. The third-order valence-electron chi connectivity index (χ3n) is 3.05. The van der Waals surface area contributed by atoms with Crippen molar-refractivity contribution in [1.82, 2.24) is 4.57 Å². The van der Waals surface area contributed by atoms with Gasteiger partial charge in [-0.2, -0.15) is 0 Å². The average Bonchev–Trinajstić information content (AvgIpc) is 2.72. The van der Waals surface area contributed by atoms with Crippen LogP contribution in [0.4, 0.5) is 5.69 Å². The Morgan fingerprint density at radius 1 is 1.33 bits per heavy atom. The number of thiazole rings is 1. The van der Waals surface area contributed by atoms with E-state index in [0.29, 0.717) is 11.3 Å². The molecule has 0 unspecified atom stereocenters. The highest BCUT2D eigenvalue weighted by atomic mass is 32.1. The first kappa shape index (κ1) is 15.0. The summed E-state index contributed by atoms with van der Waals surface area (Å²) < 4.78 is 1.35. The van der Waals surface area contributed by atoms with E-state index in [1.54, 1.807) is 31.4 Å². The molecule has 7 heteroatoms. The number of carboxylic acids is 1. The molecule has 21 heavy (non-hydrogen) atoms. The lowest BCUT2D eigenvalue weighted by Crippen LogP contribution is -2.26. The minimum absolute atomic E-state index is 0.0257. The number of hydrogen-bond acceptors (Lipinski definition) is 4. The highest BCUT2D eigenvalue weighted by Gasteiger charge is 2.15. The van der Waals surface area contributed by atoms with E-state index in [0.717, 1.165) is 11.3 Å². The largest absolute Gasteiger partial charge is 0.478 e. The summed E-state index contributed by atoms with van der Waals surface area (Å²) >= 11 is 1.02. The van der Waals surface area contributed by atoms with Gasteiger partial charge in [-0.05, 0) is 25.5 Å². The molecule has 2 aromatic rings. The normalized spacial score (nSPS) is 10.4. The highest BCUT2D eigenvalue weighted by Crippen LogP contribution is 2.20. The van der Waals surface area contributed by atoms with E-state index in [9.17, 15) is 14.4 Å². The van der Waals surface area contributed by atoms with Crippen LogP contribution in [0.15, 0.2) is 28.4 Å². The predicted octanol–water partition coefficient (Wildman–Crippen LogP) is 1.86. The summed E-state index contributed by atoms with van der Waals surface area (Å²) in [6.07, 6.45) is 0. The zero-order valence-electron chi connectivity index (χ0n) is 11.5. The molecule has 1 amide bonds. The molecule has 1 aromatic carbocycles. The molecule has 6 nitrogen and oxygen atoms in total. The average molecular weight is 306 g/mol. The molecule has 0 atom stereocenters. The number of nitrogens with zero attached hydrogens (tertiary/aromatic N) is 1. The summed E-state index contributed by atoms with van der Waals surface area (Å²) in [5.41, 5.74) is 1.63. The van der Waals surface area contributed by atoms with Crippen LogP contribution in [0.1, 0.15) is 21.6 Å². The fraction of sp³-hybridized carbons (Fsp3) is 0.214. The van der Waals surface area contributed by atoms with Crippen LogP contribution in [0, 0.1) is 13.8 Å². The Kier molecular flexibility index (Phi) is 4.23. The summed E-state index contributed by atoms with van der Waals surface area (Å²) in [5.74, 6) is -1.55. The summed E-state index contributed by atoms with van der Waals surface area (Å²) in [4.78, 5) is 34.6. The van der Waals surface area contributed by atoms with E-state index in [-0.39, 0.29) is 22.7 Å². The Bertz CT molecular complexity index is 761. The van der Waals surface area contributed by atoms with E-state index < -0.39 is 11.9 Å². The number of aromatic nitrogens is 1. The number of para-hydroxylation sites is 1. The summed E-state index contributed by atoms with van der Waals surface area (Å²) in [6, 6.07) is 4.75. The first-order valence-electron chi connectivity index (χ1n) is 6.18. The number of carbonyl (C=O) groups excluding carboxylic acids is 1. The van der Waals surface area contributed by atoms with Crippen molar-refractivity contribution in [2.75, 3.05) is 5.32 Å². The van der Waals surface area contributed by atoms with Gasteiger partial charge >= 0.3 is 10.8 Å². The second kappa shape index (κ2) is 5.92. The first-order chi connectivity index (χ1) is 9.90. The number of amides is 1. The number of hydrogen-bond donors (Lipinski definition) is 2. The number of nitrogens with one attached hydrogen (secondary N) is 1. The zero-order chi connectivity index (χ0) is 15.6. The Morgan fingerprint density at radius 3 is 2.62 bits per heavy atom. The molecule has 1 heterocycles. The third kappa shape index (κ3) is 3.19. The maximum Gasteiger partial charge on any atom is 0.337 e. The van der Waals surface area contributed by atoms with Crippen LogP contribution < -0.4 is 10.2 Å². The quantitative estimate of drug-likeness (QED) is 0.902. The van der Waals surface area contributed by atoms with Gasteiger partial charge in [-0.1, -0.05) is 23.5 Å². The van der Waals surface area contributed by atoms with E-state index >= 15 is 0 Å². The lowest BCUT2D eigenvalue weighted by molar-refractivity contribution is -0.116. The van der Waals surface area contributed by atoms with Crippen molar-refractivity contribution >= 4 is 28.9 Å². The molecule has 2 N–H and O–H groups in total. The highest BCUT2D eigenvalue weighted by molar-refractivity contribution is 7.07. The van der Waals surface area contributed by atoms with Crippen LogP contribution in [-0.4, -0.2) is 21.6 Å². The van der Waals surface area contributed by atoms with E-state index in [1.807, 2.05) is 0 Å². The van der Waals surface area contributed by atoms with Gasteiger partial charge in [0.05, 0.1) is 11.3 Å². The van der Waals surface area contributed by atoms with Crippen molar-refractivity contribution in [3.05, 3.63) is 50.1 Å². The van der Waals surface area contributed by atoms with E-state index in [4.69, 9.17) is 5.11 Å². The topological polar surface area (TPSA) is 88.4 Å². The Morgan fingerprint density at radius 2 is 2.05 bits per heavy atom. The number of carbonyl (C=O) groups is 2. The number of aryl methyl sites for hydroxylation is 2. The van der Waals surface area contributed by atoms with Gasteiger partial charge in [-0.3, -0.25) is 14.2 Å². The Balaban J connectivity index is 2.25. The molecule has 0 bridgehead atoms. The van der Waals surface area contributed by atoms with Gasteiger partial charge in [-0.15, -0.1) is 0 Å². The van der Waals surface area contributed by atoms with Crippen molar-refractivity contribution in [2.45, 2.75) is 20.4 Å². The van der Waals surface area contributed by atoms with Gasteiger partial charge in [0.2, 0.25) is 5.91 Å². The van der Waals surface area contributed by atoms with Crippen molar-refractivity contribution < 1.29 is 14.7 Å². The molecule has 0 spiro atoms. The van der Waals surface area contributed by atoms with Crippen LogP contribution in [-0.2, 0) is 11.3 Å². The number of carboxylic acid groups (broad SMARTS) is 1. The monoisotopic (exact) mass is 306 g/mol. The molecule has 0 saturated heterocycles. The fourth-order valence-corrected chi connectivity index (χ4v) is 2.67. The molecular formula is C14H14N2O4S. The molecule has 0 radical (unpaired) electrons. The molecule has 110 valence electrons. The van der Waals surface area contributed by atoms with E-state index in [1.165, 1.54) is 10.6 Å².